The maximum absolute atomic E-state index is 5.46. The van der Waals surface area contributed by atoms with Crippen molar-refractivity contribution in [3.05, 3.63) is 24.2 Å². The number of piperazine rings is 1. The van der Waals surface area contributed by atoms with Crippen LogP contribution in [0.25, 0.3) is 11.5 Å². The summed E-state index contributed by atoms with van der Waals surface area (Å²) in [7, 11) is 2.09. The molecule has 1 aliphatic rings. The van der Waals surface area contributed by atoms with Crippen molar-refractivity contribution in [1.29, 1.82) is 0 Å². The van der Waals surface area contributed by atoms with Gasteiger partial charge in [-0.3, -0.25) is 4.90 Å². The van der Waals surface area contributed by atoms with Gasteiger partial charge in [-0.15, -0.1) is 0 Å². The molecule has 0 spiro atoms. The van der Waals surface area contributed by atoms with E-state index in [0.717, 1.165) is 43.4 Å². The third kappa shape index (κ3) is 3.42. The zero-order valence-corrected chi connectivity index (χ0v) is 14.9. The van der Waals surface area contributed by atoms with Crippen molar-refractivity contribution < 1.29 is 4.52 Å². The second-order valence-electron chi connectivity index (χ2n) is 6.44. The van der Waals surface area contributed by atoms with Crippen LogP contribution in [-0.2, 0) is 0 Å². The fourth-order valence-electron chi connectivity index (χ4n) is 3.06. The molecule has 24 heavy (non-hydrogen) atoms. The van der Waals surface area contributed by atoms with E-state index in [4.69, 9.17) is 4.52 Å². The number of hydrogen-bond acceptors (Lipinski definition) is 7. The van der Waals surface area contributed by atoms with Gasteiger partial charge in [-0.1, -0.05) is 5.16 Å². The van der Waals surface area contributed by atoms with Crippen LogP contribution in [0.15, 0.2) is 22.9 Å². The molecule has 1 unspecified atom stereocenters. The fraction of sp³-hybridized carbons (Fsp3) is 0.588. The lowest BCUT2D eigenvalue weighted by Crippen LogP contribution is -2.44. The van der Waals surface area contributed by atoms with E-state index in [-0.39, 0.29) is 6.04 Å². The summed E-state index contributed by atoms with van der Waals surface area (Å²) >= 11 is 0. The van der Waals surface area contributed by atoms with Gasteiger partial charge < -0.3 is 14.7 Å². The van der Waals surface area contributed by atoms with Gasteiger partial charge in [-0.25, -0.2) is 4.98 Å². The average Bonchev–Trinajstić information content (AvgIpc) is 3.06. The summed E-state index contributed by atoms with van der Waals surface area (Å²) in [5.74, 6) is 2.21. The Bertz CT molecular complexity index is 653. The van der Waals surface area contributed by atoms with Crippen molar-refractivity contribution in [2.75, 3.05) is 38.1 Å². The zero-order chi connectivity index (χ0) is 17.1. The molecule has 7 nitrogen and oxygen atoms in total. The normalized spacial score (nSPS) is 19.0. The maximum Gasteiger partial charge on any atom is 0.259 e. The van der Waals surface area contributed by atoms with E-state index in [0.29, 0.717) is 11.9 Å². The highest BCUT2D eigenvalue weighted by molar-refractivity contribution is 5.54. The molecule has 1 saturated heterocycles. The van der Waals surface area contributed by atoms with Gasteiger partial charge in [0, 0.05) is 38.4 Å². The van der Waals surface area contributed by atoms with Crippen LogP contribution in [0.3, 0.4) is 0 Å². The first-order valence-corrected chi connectivity index (χ1v) is 8.57. The number of nitrogens with one attached hydrogen (secondary N) is 1. The molecule has 130 valence electrons. The van der Waals surface area contributed by atoms with Crippen LogP contribution in [0.1, 0.15) is 32.6 Å². The van der Waals surface area contributed by atoms with Crippen LogP contribution in [0.5, 0.6) is 0 Å². The Morgan fingerprint density at radius 1 is 1.42 bits per heavy atom. The number of aromatic nitrogens is 3. The summed E-state index contributed by atoms with van der Waals surface area (Å²) in [5, 5.41) is 7.53. The molecule has 3 heterocycles. The van der Waals surface area contributed by atoms with E-state index in [9.17, 15) is 0 Å². The molecule has 2 aromatic rings. The van der Waals surface area contributed by atoms with E-state index in [1.807, 2.05) is 12.1 Å². The number of rotatable bonds is 5. The van der Waals surface area contributed by atoms with Gasteiger partial charge in [0.15, 0.2) is 5.82 Å². The summed E-state index contributed by atoms with van der Waals surface area (Å²) in [6.45, 7) is 10.2. The lowest BCUT2D eigenvalue weighted by atomic mass is 10.2. The predicted octanol–water partition coefficient (Wildman–Crippen LogP) is 1.94. The molecule has 0 radical (unpaired) electrons. The molecule has 3 rings (SSSR count). The van der Waals surface area contributed by atoms with Crippen molar-refractivity contribution >= 4 is 5.82 Å². The lowest BCUT2D eigenvalue weighted by Gasteiger charge is -2.30. The second kappa shape index (κ2) is 7.27. The third-order valence-corrected chi connectivity index (χ3v) is 4.50. The monoisotopic (exact) mass is 330 g/mol. The van der Waals surface area contributed by atoms with Crippen molar-refractivity contribution in [3.63, 3.8) is 0 Å². The number of likely N-dealkylation sites (N-methyl/N-ethyl adjacent to an activating group) is 1. The first kappa shape index (κ1) is 16.9. The minimum atomic E-state index is 0.153. The summed E-state index contributed by atoms with van der Waals surface area (Å²) in [6, 6.07) is 4.57. The quantitative estimate of drug-likeness (QED) is 0.898. The fourth-order valence-corrected chi connectivity index (χ4v) is 3.06. The Morgan fingerprint density at radius 3 is 2.88 bits per heavy atom. The highest BCUT2D eigenvalue weighted by Crippen LogP contribution is 2.24. The number of anilines is 1. The van der Waals surface area contributed by atoms with Gasteiger partial charge in [0.25, 0.3) is 5.89 Å². The van der Waals surface area contributed by atoms with E-state index < -0.39 is 0 Å². The molecule has 0 saturated carbocycles. The van der Waals surface area contributed by atoms with E-state index in [1.54, 1.807) is 6.20 Å². The lowest BCUT2D eigenvalue weighted by molar-refractivity contribution is 0.190. The Balaban J connectivity index is 1.78. The molecule has 0 aromatic carbocycles. The van der Waals surface area contributed by atoms with Gasteiger partial charge >= 0.3 is 0 Å². The van der Waals surface area contributed by atoms with Crippen LogP contribution in [-0.4, -0.2) is 59.3 Å². The largest absolute Gasteiger partial charge is 0.354 e. The number of hydrogen-bond donors (Lipinski definition) is 1. The van der Waals surface area contributed by atoms with Crippen molar-refractivity contribution in [2.45, 2.75) is 32.9 Å². The SMILES string of the molecule is CCN(c1ccc(-c2nc(C3CNCCN3C)no2)cn1)C(C)C. The Hall–Kier alpha value is -1.99. The van der Waals surface area contributed by atoms with E-state index in [2.05, 4.69) is 58.1 Å². The maximum atomic E-state index is 5.46. The molecule has 0 bridgehead atoms. The zero-order valence-electron chi connectivity index (χ0n) is 14.9. The third-order valence-electron chi connectivity index (χ3n) is 4.50. The molecular formula is C17H26N6O. The van der Waals surface area contributed by atoms with Gasteiger partial charge in [0.2, 0.25) is 0 Å². The molecule has 1 aliphatic heterocycles. The highest BCUT2D eigenvalue weighted by atomic mass is 16.5. The summed E-state index contributed by atoms with van der Waals surface area (Å²) in [4.78, 5) is 13.6. The Labute approximate surface area is 143 Å². The van der Waals surface area contributed by atoms with Gasteiger partial charge in [-0.2, -0.15) is 4.98 Å². The average molecular weight is 330 g/mol. The van der Waals surface area contributed by atoms with Crippen LogP contribution in [0.2, 0.25) is 0 Å². The van der Waals surface area contributed by atoms with Crippen LogP contribution in [0.4, 0.5) is 5.82 Å². The van der Waals surface area contributed by atoms with Gasteiger partial charge in [-0.05, 0) is 40.0 Å². The summed E-state index contributed by atoms with van der Waals surface area (Å²) in [6.07, 6.45) is 1.81. The van der Waals surface area contributed by atoms with E-state index in [1.165, 1.54) is 0 Å². The molecule has 0 aliphatic carbocycles. The molecule has 1 N–H and O–H groups in total. The van der Waals surface area contributed by atoms with Crippen LogP contribution >= 0.6 is 0 Å². The molecule has 1 fully saturated rings. The Morgan fingerprint density at radius 2 is 2.25 bits per heavy atom. The topological polar surface area (TPSA) is 70.3 Å². The first-order valence-electron chi connectivity index (χ1n) is 8.57. The van der Waals surface area contributed by atoms with Crippen molar-refractivity contribution in [1.82, 2.24) is 25.3 Å². The smallest absolute Gasteiger partial charge is 0.259 e. The minimum absolute atomic E-state index is 0.153. The van der Waals surface area contributed by atoms with Crippen LogP contribution in [0, 0.1) is 0 Å². The van der Waals surface area contributed by atoms with Crippen LogP contribution < -0.4 is 10.2 Å². The second-order valence-corrected chi connectivity index (χ2v) is 6.44. The molecule has 2 aromatic heterocycles. The first-order chi connectivity index (χ1) is 11.6. The molecule has 7 heteroatoms. The minimum Gasteiger partial charge on any atom is -0.354 e. The summed E-state index contributed by atoms with van der Waals surface area (Å²) < 4.78 is 5.46. The molecule has 1 atom stereocenters. The highest BCUT2D eigenvalue weighted by Gasteiger charge is 2.25. The number of nitrogens with zero attached hydrogens (tertiary/aromatic N) is 5. The number of pyridine rings is 1. The predicted molar refractivity (Wildman–Crippen MR) is 93.9 cm³/mol. The Kier molecular flexibility index (Phi) is 5.11. The molecule has 0 amide bonds. The van der Waals surface area contributed by atoms with E-state index >= 15 is 0 Å². The van der Waals surface area contributed by atoms with Gasteiger partial charge in [0.05, 0.1) is 11.6 Å². The van der Waals surface area contributed by atoms with Crippen molar-refractivity contribution in [3.8, 4) is 11.5 Å². The van der Waals surface area contributed by atoms with Gasteiger partial charge in [0.1, 0.15) is 5.82 Å². The summed E-state index contributed by atoms with van der Waals surface area (Å²) in [5.41, 5.74) is 0.851. The standard InChI is InChI=1S/C17H26N6O/c1-5-23(12(2)3)15-7-6-13(10-19-15)17-20-16(21-24-17)14-11-18-8-9-22(14)4/h6-7,10,12,14,18H,5,8-9,11H2,1-4H3. The van der Waals surface area contributed by atoms with Crippen molar-refractivity contribution in [2.24, 2.45) is 0 Å². The molecular weight excluding hydrogens is 304 g/mol.